The van der Waals surface area contributed by atoms with E-state index in [0.29, 0.717) is 30.5 Å². The van der Waals surface area contributed by atoms with Crippen LogP contribution >= 0.6 is 0 Å². The molecule has 4 fully saturated rings. The maximum absolute atomic E-state index is 12.6. The van der Waals surface area contributed by atoms with Gasteiger partial charge in [0, 0.05) is 37.0 Å². The van der Waals surface area contributed by atoms with Crippen molar-refractivity contribution >= 4 is 11.8 Å². The highest BCUT2D eigenvalue weighted by Crippen LogP contribution is 2.40. The van der Waals surface area contributed by atoms with Crippen molar-refractivity contribution in [3.05, 3.63) is 17.5 Å². The average molecular weight is 360 g/mol. The number of piperidine rings is 1. The molecule has 2 bridgehead atoms. The molecule has 1 aromatic heterocycles. The number of hydrogen-bond acceptors (Lipinski definition) is 5. The van der Waals surface area contributed by atoms with Crippen LogP contribution in [0.2, 0.25) is 0 Å². The van der Waals surface area contributed by atoms with Crippen LogP contribution in [0.4, 0.5) is 0 Å². The number of nitrogens with two attached hydrogens (primary N) is 1. The monoisotopic (exact) mass is 360 g/mol. The number of carbonyl (C=O) groups excluding carboxylic acids is 2. The number of aromatic nitrogens is 1. The topological polar surface area (TPSA) is 101 Å². The van der Waals surface area contributed by atoms with Gasteiger partial charge in [0.1, 0.15) is 5.76 Å². The maximum Gasteiger partial charge on any atom is 0.273 e. The van der Waals surface area contributed by atoms with Crippen molar-refractivity contribution in [3.63, 3.8) is 0 Å². The predicted octanol–water partition coefficient (Wildman–Crippen LogP) is 1.79. The molecule has 7 heteroatoms. The molecule has 2 amide bonds. The summed E-state index contributed by atoms with van der Waals surface area (Å²) in [4.78, 5) is 27.1. The molecule has 26 heavy (non-hydrogen) atoms. The number of nitrogens with zero attached hydrogens (tertiary/aromatic N) is 2. The summed E-state index contributed by atoms with van der Waals surface area (Å²) in [6.07, 6.45) is 7.52. The molecule has 7 nitrogen and oxygen atoms in total. The van der Waals surface area contributed by atoms with Gasteiger partial charge < -0.3 is 20.5 Å². The molecule has 142 valence electrons. The molecule has 3 N–H and O–H groups in total. The van der Waals surface area contributed by atoms with E-state index in [-0.39, 0.29) is 23.9 Å². The normalized spacial score (nSPS) is 28.0. The van der Waals surface area contributed by atoms with Crippen molar-refractivity contribution < 1.29 is 14.1 Å². The summed E-state index contributed by atoms with van der Waals surface area (Å²) in [5.74, 6) is 1.65. The minimum absolute atomic E-state index is 0.106. The number of amides is 2. The first-order valence-electron chi connectivity index (χ1n) is 9.92. The molecule has 4 aliphatic rings. The number of carbonyl (C=O) groups is 2. The van der Waals surface area contributed by atoms with Gasteiger partial charge in [0.05, 0.1) is 0 Å². The Morgan fingerprint density at radius 2 is 2.15 bits per heavy atom. The lowest BCUT2D eigenvalue weighted by Crippen LogP contribution is -2.55. The van der Waals surface area contributed by atoms with Crippen molar-refractivity contribution in [2.45, 2.75) is 69.4 Å². The lowest BCUT2D eigenvalue weighted by Gasteiger charge is -2.41. The van der Waals surface area contributed by atoms with Gasteiger partial charge in [-0.2, -0.15) is 0 Å². The molecule has 3 heterocycles. The summed E-state index contributed by atoms with van der Waals surface area (Å²) in [5, 5.41) is 7.10. The van der Waals surface area contributed by atoms with Crippen LogP contribution in [0.3, 0.4) is 0 Å². The first kappa shape index (κ1) is 17.5. The van der Waals surface area contributed by atoms with Crippen LogP contribution in [0.1, 0.15) is 73.5 Å². The largest absolute Gasteiger partial charge is 0.360 e. The maximum atomic E-state index is 12.6. The Labute approximate surface area is 153 Å². The van der Waals surface area contributed by atoms with Crippen molar-refractivity contribution in [2.24, 2.45) is 11.7 Å². The molecular formula is C19H28N4O3. The fourth-order valence-electron chi connectivity index (χ4n) is 4.40. The fraction of sp³-hybridized carbons (Fsp3) is 0.737. The van der Waals surface area contributed by atoms with E-state index >= 15 is 0 Å². The summed E-state index contributed by atoms with van der Waals surface area (Å²) in [6, 6.07) is 2.11. The third kappa shape index (κ3) is 3.63. The molecule has 0 aromatic carbocycles. The predicted molar refractivity (Wildman–Crippen MR) is 95.5 cm³/mol. The van der Waals surface area contributed by atoms with E-state index in [4.69, 9.17) is 10.3 Å². The molecule has 0 radical (unpaired) electrons. The minimum atomic E-state index is -0.154. The second-order valence-electron chi connectivity index (χ2n) is 7.99. The van der Waals surface area contributed by atoms with E-state index in [9.17, 15) is 9.59 Å². The van der Waals surface area contributed by atoms with Gasteiger partial charge in [0.15, 0.2) is 5.69 Å². The van der Waals surface area contributed by atoms with Crippen LogP contribution < -0.4 is 11.1 Å². The number of nitrogens with one attached hydrogen (secondary N) is 1. The fourth-order valence-corrected chi connectivity index (χ4v) is 4.40. The van der Waals surface area contributed by atoms with Gasteiger partial charge in [-0.1, -0.05) is 11.6 Å². The van der Waals surface area contributed by atoms with Gasteiger partial charge >= 0.3 is 0 Å². The highest BCUT2D eigenvalue weighted by Gasteiger charge is 2.40. The molecule has 2 aliphatic heterocycles. The summed E-state index contributed by atoms with van der Waals surface area (Å²) >= 11 is 0. The highest BCUT2D eigenvalue weighted by molar-refractivity contribution is 5.92. The Balaban J connectivity index is 1.38. The van der Waals surface area contributed by atoms with Crippen LogP contribution in [-0.4, -0.2) is 47.0 Å². The molecule has 5 rings (SSSR count). The van der Waals surface area contributed by atoms with E-state index in [1.54, 1.807) is 6.07 Å². The van der Waals surface area contributed by atoms with Gasteiger partial charge in [0.2, 0.25) is 5.91 Å². The number of fused-ring (bicyclic) bond motifs is 4. The first-order valence-corrected chi connectivity index (χ1v) is 9.92. The molecule has 3 atom stereocenters. The van der Waals surface area contributed by atoms with E-state index in [2.05, 4.69) is 10.5 Å². The van der Waals surface area contributed by atoms with Crippen molar-refractivity contribution in [1.29, 1.82) is 0 Å². The van der Waals surface area contributed by atoms with Crippen LogP contribution in [0, 0.1) is 5.92 Å². The lowest BCUT2D eigenvalue weighted by molar-refractivity contribution is -0.136. The quantitative estimate of drug-likeness (QED) is 0.805. The number of rotatable bonds is 6. The zero-order valence-electron chi connectivity index (χ0n) is 15.2. The molecule has 1 aromatic rings. The third-order valence-electron chi connectivity index (χ3n) is 6.05. The highest BCUT2D eigenvalue weighted by atomic mass is 16.5. The third-order valence-corrected chi connectivity index (χ3v) is 6.05. The smallest absolute Gasteiger partial charge is 0.273 e. The lowest BCUT2D eigenvalue weighted by atomic mass is 9.88. The van der Waals surface area contributed by atoms with Crippen molar-refractivity contribution in [1.82, 2.24) is 15.4 Å². The van der Waals surface area contributed by atoms with Crippen LogP contribution in [0.5, 0.6) is 0 Å². The Hall–Kier alpha value is -1.89. The molecule has 3 unspecified atom stereocenters. The van der Waals surface area contributed by atoms with Gasteiger partial charge in [0.25, 0.3) is 5.91 Å². The summed E-state index contributed by atoms with van der Waals surface area (Å²) in [7, 11) is 0. The molecule has 2 saturated carbocycles. The first-order chi connectivity index (χ1) is 12.7. The summed E-state index contributed by atoms with van der Waals surface area (Å²) in [6.45, 7) is 1.29. The summed E-state index contributed by atoms with van der Waals surface area (Å²) < 4.78 is 5.30. The van der Waals surface area contributed by atoms with Gasteiger partial charge in [-0.15, -0.1) is 0 Å². The zero-order chi connectivity index (χ0) is 18.1. The van der Waals surface area contributed by atoms with E-state index in [1.165, 1.54) is 0 Å². The Morgan fingerprint density at radius 3 is 2.92 bits per heavy atom. The number of hydrogen-bond donors (Lipinski definition) is 2. The molecule has 2 aliphatic carbocycles. The Kier molecular flexibility index (Phi) is 4.98. The summed E-state index contributed by atoms with van der Waals surface area (Å²) in [5.41, 5.74) is 5.92. The van der Waals surface area contributed by atoms with Crippen LogP contribution in [-0.2, 0) is 4.79 Å². The second kappa shape index (κ2) is 7.39. The molecular weight excluding hydrogens is 332 g/mol. The SMILES string of the molecule is NCCCC(=O)N1CC2CCCC1CC2NC(=O)c1cc(C2CC2)on1. The minimum Gasteiger partial charge on any atom is -0.360 e. The molecule has 0 spiro atoms. The Bertz CT molecular complexity index is 669. The molecule has 2 saturated heterocycles. The van der Waals surface area contributed by atoms with Gasteiger partial charge in [-0.3, -0.25) is 9.59 Å². The van der Waals surface area contributed by atoms with Crippen LogP contribution in [0.15, 0.2) is 10.6 Å². The second-order valence-corrected chi connectivity index (χ2v) is 7.99. The Morgan fingerprint density at radius 1 is 1.31 bits per heavy atom. The van der Waals surface area contributed by atoms with Crippen molar-refractivity contribution in [2.75, 3.05) is 13.1 Å². The van der Waals surface area contributed by atoms with Crippen molar-refractivity contribution in [3.8, 4) is 0 Å². The van der Waals surface area contributed by atoms with Crippen LogP contribution in [0.25, 0.3) is 0 Å². The zero-order valence-corrected chi connectivity index (χ0v) is 15.2. The average Bonchev–Trinajstić information content (AvgIpc) is 3.43. The van der Waals surface area contributed by atoms with Gasteiger partial charge in [-0.25, -0.2) is 0 Å². The standard InChI is InChI=1S/C19H28N4O3/c20-8-2-5-18(24)23-11-13-3-1-4-14(23)9-15(13)21-19(25)16-10-17(26-22-16)12-6-7-12/h10,12-15H,1-9,11,20H2,(H,21,25). The van der Waals surface area contributed by atoms with E-state index < -0.39 is 0 Å². The van der Waals surface area contributed by atoms with E-state index in [1.807, 2.05) is 4.90 Å². The van der Waals surface area contributed by atoms with E-state index in [0.717, 1.165) is 57.3 Å². The van der Waals surface area contributed by atoms with Gasteiger partial charge in [-0.05, 0) is 51.0 Å².